The van der Waals surface area contributed by atoms with E-state index in [-0.39, 0.29) is 5.69 Å². The lowest BCUT2D eigenvalue weighted by molar-refractivity contribution is 0.0689. The minimum atomic E-state index is -1.12. The summed E-state index contributed by atoms with van der Waals surface area (Å²) in [6, 6.07) is 4.83. The van der Waals surface area contributed by atoms with Gasteiger partial charge < -0.3 is 5.11 Å². The molecule has 0 bridgehead atoms. The van der Waals surface area contributed by atoms with Gasteiger partial charge in [0.1, 0.15) is 0 Å². The highest BCUT2D eigenvalue weighted by Crippen LogP contribution is 2.22. The molecule has 0 aliphatic rings. The molecule has 1 N–H and O–H groups in total. The molecule has 2 aromatic rings. The number of carboxylic acids is 1. The van der Waals surface area contributed by atoms with Gasteiger partial charge in [0.2, 0.25) is 0 Å². The van der Waals surface area contributed by atoms with Gasteiger partial charge in [-0.2, -0.15) is 0 Å². The maximum absolute atomic E-state index is 10.8. The van der Waals surface area contributed by atoms with Gasteiger partial charge in [-0.05, 0) is 25.1 Å². The molecular formula is C10H7Cl2N3O2. The van der Waals surface area contributed by atoms with Crippen molar-refractivity contribution in [1.82, 2.24) is 15.0 Å². The van der Waals surface area contributed by atoms with Crippen LogP contribution in [0.4, 0.5) is 0 Å². The van der Waals surface area contributed by atoms with E-state index in [1.165, 1.54) is 4.68 Å². The molecule has 88 valence electrons. The fourth-order valence-corrected chi connectivity index (χ4v) is 1.95. The van der Waals surface area contributed by atoms with Gasteiger partial charge in [0, 0.05) is 10.0 Å². The number of rotatable bonds is 2. The zero-order chi connectivity index (χ0) is 12.6. The molecular weight excluding hydrogens is 265 g/mol. The summed E-state index contributed by atoms with van der Waals surface area (Å²) >= 11 is 11.7. The molecule has 1 heterocycles. The topological polar surface area (TPSA) is 68.0 Å². The molecule has 5 nitrogen and oxygen atoms in total. The summed E-state index contributed by atoms with van der Waals surface area (Å²) in [5, 5.41) is 17.1. The smallest absolute Gasteiger partial charge is 0.358 e. The van der Waals surface area contributed by atoms with E-state index >= 15 is 0 Å². The maximum atomic E-state index is 10.8. The van der Waals surface area contributed by atoms with Crippen molar-refractivity contribution in [1.29, 1.82) is 0 Å². The number of carboxylic acid groups (broad SMARTS) is 1. The summed E-state index contributed by atoms with van der Waals surface area (Å²) in [5.41, 5.74) is 0.886. The molecule has 1 aromatic carbocycles. The number of aromatic carboxylic acids is 1. The SMILES string of the molecule is Cc1c(C(=O)O)nnn1-c1cc(Cl)cc(Cl)c1. The van der Waals surface area contributed by atoms with E-state index in [4.69, 9.17) is 28.3 Å². The maximum Gasteiger partial charge on any atom is 0.358 e. The lowest BCUT2D eigenvalue weighted by Gasteiger charge is -2.04. The second-order valence-corrected chi connectivity index (χ2v) is 4.24. The summed E-state index contributed by atoms with van der Waals surface area (Å²) < 4.78 is 1.38. The van der Waals surface area contributed by atoms with Crippen LogP contribution in [-0.4, -0.2) is 26.1 Å². The van der Waals surface area contributed by atoms with Crippen LogP contribution in [0.25, 0.3) is 5.69 Å². The quantitative estimate of drug-likeness (QED) is 0.912. The highest BCUT2D eigenvalue weighted by Gasteiger charge is 2.16. The van der Waals surface area contributed by atoms with E-state index in [0.717, 1.165) is 0 Å². The molecule has 0 radical (unpaired) electrons. The normalized spacial score (nSPS) is 10.5. The van der Waals surface area contributed by atoms with Crippen molar-refractivity contribution in [2.45, 2.75) is 6.92 Å². The molecule has 0 spiro atoms. The zero-order valence-electron chi connectivity index (χ0n) is 8.69. The van der Waals surface area contributed by atoms with Gasteiger partial charge in [-0.25, -0.2) is 9.48 Å². The first kappa shape index (κ1) is 11.9. The second-order valence-electron chi connectivity index (χ2n) is 3.37. The first-order valence-electron chi connectivity index (χ1n) is 4.61. The molecule has 0 aliphatic heterocycles. The van der Waals surface area contributed by atoms with Gasteiger partial charge in [-0.3, -0.25) is 0 Å². The second kappa shape index (κ2) is 4.35. The van der Waals surface area contributed by atoms with Crippen LogP contribution in [0.3, 0.4) is 0 Å². The molecule has 0 fully saturated rings. The zero-order valence-corrected chi connectivity index (χ0v) is 10.2. The van der Waals surface area contributed by atoms with Crippen molar-refractivity contribution < 1.29 is 9.90 Å². The van der Waals surface area contributed by atoms with Crippen LogP contribution in [0.2, 0.25) is 10.0 Å². The van der Waals surface area contributed by atoms with Crippen LogP contribution in [0.1, 0.15) is 16.2 Å². The van der Waals surface area contributed by atoms with E-state index < -0.39 is 5.97 Å². The molecule has 0 aliphatic carbocycles. The van der Waals surface area contributed by atoms with Crippen molar-refractivity contribution >= 4 is 29.2 Å². The lowest BCUT2D eigenvalue weighted by atomic mass is 10.3. The Bertz CT molecular complexity index is 575. The Morgan fingerprint density at radius 1 is 1.29 bits per heavy atom. The fourth-order valence-electron chi connectivity index (χ4n) is 1.43. The van der Waals surface area contributed by atoms with Crippen molar-refractivity contribution in [2.24, 2.45) is 0 Å². The number of carbonyl (C=O) groups is 1. The molecule has 2 rings (SSSR count). The molecule has 0 saturated carbocycles. The van der Waals surface area contributed by atoms with Crippen molar-refractivity contribution in [3.8, 4) is 5.69 Å². The third-order valence-corrected chi connectivity index (χ3v) is 2.63. The van der Waals surface area contributed by atoms with E-state index in [0.29, 0.717) is 21.4 Å². The van der Waals surface area contributed by atoms with Crippen molar-refractivity contribution in [2.75, 3.05) is 0 Å². The third-order valence-electron chi connectivity index (χ3n) is 2.19. The van der Waals surface area contributed by atoms with Gasteiger partial charge in [-0.15, -0.1) is 5.10 Å². The molecule has 7 heteroatoms. The Kier molecular flexibility index (Phi) is 3.04. The lowest BCUT2D eigenvalue weighted by Crippen LogP contribution is -2.02. The van der Waals surface area contributed by atoms with Crippen LogP contribution in [0.5, 0.6) is 0 Å². The van der Waals surface area contributed by atoms with Crippen molar-refractivity contribution in [3.63, 3.8) is 0 Å². The number of benzene rings is 1. The average molecular weight is 272 g/mol. The largest absolute Gasteiger partial charge is 0.476 e. The number of nitrogens with zero attached hydrogens (tertiary/aromatic N) is 3. The van der Waals surface area contributed by atoms with Crippen LogP contribution in [0.15, 0.2) is 18.2 Å². The standard InChI is InChI=1S/C10H7Cl2N3O2/c1-5-9(10(16)17)13-14-15(5)8-3-6(11)2-7(12)4-8/h2-4H,1H3,(H,16,17). The number of hydrogen-bond donors (Lipinski definition) is 1. The Morgan fingerprint density at radius 2 is 1.88 bits per heavy atom. The Labute approximate surface area is 107 Å². The van der Waals surface area contributed by atoms with Gasteiger partial charge in [0.15, 0.2) is 5.69 Å². The molecule has 0 amide bonds. The van der Waals surface area contributed by atoms with E-state index in [1.807, 2.05) is 0 Å². The van der Waals surface area contributed by atoms with E-state index in [1.54, 1.807) is 25.1 Å². The monoisotopic (exact) mass is 271 g/mol. The van der Waals surface area contributed by atoms with Gasteiger partial charge in [-0.1, -0.05) is 28.4 Å². The van der Waals surface area contributed by atoms with E-state index in [9.17, 15) is 4.79 Å². The molecule has 0 unspecified atom stereocenters. The number of hydrogen-bond acceptors (Lipinski definition) is 3. The fraction of sp³-hybridized carbons (Fsp3) is 0.100. The minimum Gasteiger partial charge on any atom is -0.476 e. The van der Waals surface area contributed by atoms with Crippen molar-refractivity contribution in [3.05, 3.63) is 39.6 Å². The highest BCUT2D eigenvalue weighted by molar-refractivity contribution is 6.34. The minimum absolute atomic E-state index is 0.0962. The highest BCUT2D eigenvalue weighted by atomic mass is 35.5. The first-order valence-corrected chi connectivity index (χ1v) is 5.36. The Morgan fingerprint density at radius 3 is 2.35 bits per heavy atom. The van der Waals surface area contributed by atoms with Crippen LogP contribution >= 0.6 is 23.2 Å². The van der Waals surface area contributed by atoms with Gasteiger partial charge in [0.25, 0.3) is 0 Å². The van der Waals surface area contributed by atoms with Crippen LogP contribution in [-0.2, 0) is 0 Å². The van der Waals surface area contributed by atoms with E-state index in [2.05, 4.69) is 10.3 Å². The van der Waals surface area contributed by atoms with Gasteiger partial charge >= 0.3 is 5.97 Å². The molecule has 0 atom stereocenters. The molecule has 1 aromatic heterocycles. The predicted molar refractivity (Wildman–Crippen MR) is 63.1 cm³/mol. The summed E-state index contributed by atoms with van der Waals surface area (Å²) in [6.45, 7) is 1.61. The Balaban J connectivity index is 2.57. The van der Waals surface area contributed by atoms with Gasteiger partial charge in [0.05, 0.1) is 11.4 Å². The Hall–Kier alpha value is -1.59. The van der Waals surface area contributed by atoms with Crippen LogP contribution in [0, 0.1) is 6.92 Å². The number of aromatic nitrogens is 3. The summed E-state index contributed by atoms with van der Waals surface area (Å²) in [7, 11) is 0. The third kappa shape index (κ3) is 2.25. The van der Waals surface area contributed by atoms with Crippen LogP contribution < -0.4 is 0 Å². The molecule has 0 saturated heterocycles. The number of halogens is 2. The molecule has 17 heavy (non-hydrogen) atoms. The first-order chi connectivity index (χ1) is 7.99. The average Bonchev–Trinajstić information content (AvgIpc) is 2.58. The predicted octanol–water partition coefficient (Wildman–Crippen LogP) is 2.58. The summed E-state index contributed by atoms with van der Waals surface area (Å²) in [6.07, 6.45) is 0. The summed E-state index contributed by atoms with van der Waals surface area (Å²) in [4.78, 5) is 10.8. The summed E-state index contributed by atoms with van der Waals surface area (Å²) in [5.74, 6) is -1.12.